The van der Waals surface area contributed by atoms with E-state index >= 15 is 0 Å². The van der Waals surface area contributed by atoms with Gasteiger partial charge in [0.2, 0.25) is 5.91 Å². The quantitative estimate of drug-likeness (QED) is 0.672. The zero-order chi connectivity index (χ0) is 11.4. The molecule has 0 bridgehead atoms. The van der Waals surface area contributed by atoms with Gasteiger partial charge in [0.05, 0.1) is 0 Å². The van der Waals surface area contributed by atoms with Crippen LogP contribution in [0.3, 0.4) is 0 Å². The van der Waals surface area contributed by atoms with Crippen molar-refractivity contribution in [2.24, 2.45) is 5.92 Å². The van der Waals surface area contributed by atoms with Crippen LogP contribution in [0.4, 0.5) is 0 Å². The van der Waals surface area contributed by atoms with Crippen molar-refractivity contribution in [3.63, 3.8) is 0 Å². The Morgan fingerprint density at radius 2 is 1.93 bits per heavy atom. The summed E-state index contributed by atoms with van der Waals surface area (Å²) in [6, 6.07) is 0. The number of hydrogen-bond acceptors (Lipinski definition) is 2. The fraction of sp³-hybridized carbons (Fsp3) is 0.909. The Balaban J connectivity index is 0. The van der Waals surface area contributed by atoms with Crippen LogP contribution in [0.25, 0.3) is 0 Å². The van der Waals surface area contributed by atoms with E-state index in [-0.39, 0.29) is 11.8 Å². The molecule has 14 heavy (non-hydrogen) atoms. The van der Waals surface area contributed by atoms with Crippen LogP contribution in [0.15, 0.2) is 0 Å². The summed E-state index contributed by atoms with van der Waals surface area (Å²) in [7, 11) is 0. The largest absolute Gasteiger partial charge is 0.382 e. The lowest BCUT2D eigenvalue weighted by Gasteiger charge is -2.06. The van der Waals surface area contributed by atoms with Gasteiger partial charge in [0.1, 0.15) is 0 Å². The fourth-order valence-corrected chi connectivity index (χ4v) is 0.734. The standard InChI is InChI=1S/C9H19NO2.C2H6/c1-4-12-7-5-6-10-9(11)8(2)3;1-2/h8H,4-7H2,1-3H3,(H,10,11);1-2H3. The van der Waals surface area contributed by atoms with Crippen LogP contribution >= 0.6 is 0 Å². The highest BCUT2D eigenvalue weighted by atomic mass is 16.5. The van der Waals surface area contributed by atoms with E-state index in [2.05, 4.69) is 5.32 Å². The summed E-state index contributed by atoms with van der Waals surface area (Å²) < 4.78 is 5.12. The second kappa shape index (κ2) is 12.4. The molecule has 0 aromatic heterocycles. The van der Waals surface area contributed by atoms with Crippen molar-refractivity contribution in [1.82, 2.24) is 5.32 Å². The van der Waals surface area contributed by atoms with Crippen molar-refractivity contribution in [2.45, 2.75) is 41.0 Å². The van der Waals surface area contributed by atoms with Crippen molar-refractivity contribution in [2.75, 3.05) is 19.8 Å². The van der Waals surface area contributed by atoms with Crippen LogP contribution in [0.5, 0.6) is 0 Å². The van der Waals surface area contributed by atoms with E-state index in [1.54, 1.807) is 0 Å². The topological polar surface area (TPSA) is 38.3 Å². The van der Waals surface area contributed by atoms with Gasteiger partial charge in [-0.25, -0.2) is 0 Å². The second-order valence-corrected chi connectivity index (χ2v) is 3.00. The predicted molar refractivity (Wildman–Crippen MR) is 60.3 cm³/mol. The molecule has 0 heterocycles. The third kappa shape index (κ3) is 11.4. The molecule has 0 radical (unpaired) electrons. The first-order valence-corrected chi connectivity index (χ1v) is 5.54. The van der Waals surface area contributed by atoms with Crippen molar-refractivity contribution in [3.05, 3.63) is 0 Å². The van der Waals surface area contributed by atoms with Crippen molar-refractivity contribution >= 4 is 5.91 Å². The summed E-state index contributed by atoms with van der Waals surface area (Å²) >= 11 is 0. The molecular formula is C11H25NO2. The highest BCUT2D eigenvalue weighted by molar-refractivity contribution is 5.77. The zero-order valence-corrected chi connectivity index (χ0v) is 10.2. The molecule has 86 valence electrons. The van der Waals surface area contributed by atoms with Gasteiger partial charge in [0, 0.05) is 25.7 Å². The predicted octanol–water partition coefficient (Wildman–Crippen LogP) is 2.21. The van der Waals surface area contributed by atoms with Crippen molar-refractivity contribution < 1.29 is 9.53 Å². The maximum Gasteiger partial charge on any atom is 0.222 e. The molecule has 3 heteroatoms. The molecule has 0 unspecified atom stereocenters. The van der Waals surface area contributed by atoms with Gasteiger partial charge in [0.15, 0.2) is 0 Å². The Bertz CT molecular complexity index is 124. The Morgan fingerprint density at radius 1 is 1.36 bits per heavy atom. The fourth-order valence-electron chi connectivity index (χ4n) is 0.734. The van der Waals surface area contributed by atoms with Gasteiger partial charge in [-0.3, -0.25) is 4.79 Å². The molecule has 1 N–H and O–H groups in total. The molecule has 0 aliphatic heterocycles. The summed E-state index contributed by atoms with van der Waals surface area (Å²) in [4.78, 5) is 11.0. The monoisotopic (exact) mass is 203 g/mol. The Labute approximate surface area is 88.2 Å². The van der Waals surface area contributed by atoms with Gasteiger partial charge >= 0.3 is 0 Å². The zero-order valence-electron chi connectivity index (χ0n) is 10.2. The molecule has 0 aromatic carbocycles. The molecule has 0 spiro atoms. The highest BCUT2D eigenvalue weighted by Crippen LogP contribution is 1.90. The molecule has 0 saturated heterocycles. The highest BCUT2D eigenvalue weighted by Gasteiger charge is 2.04. The van der Waals surface area contributed by atoms with E-state index in [1.165, 1.54) is 0 Å². The summed E-state index contributed by atoms with van der Waals surface area (Å²) in [6.45, 7) is 11.9. The lowest BCUT2D eigenvalue weighted by molar-refractivity contribution is -0.124. The van der Waals surface area contributed by atoms with Gasteiger partial charge in [-0.05, 0) is 13.3 Å². The number of carbonyl (C=O) groups is 1. The number of hydrogen-bond donors (Lipinski definition) is 1. The number of carbonyl (C=O) groups excluding carboxylic acids is 1. The van der Waals surface area contributed by atoms with Crippen LogP contribution in [0.1, 0.15) is 41.0 Å². The maximum absolute atomic E-state index is 11.0. The molecule has 0 saturated carbocycles. The van der Waals surface area contributed by atoms with Crippen molar-refractivity contribution in [1.29, 1.82) is 0 Å². The molecule has 0 aliphatic carbocycles. The molecule has 1 amide bonds. The molecule has 0 atom stereocenters. The van der Waals surface area contributed by atoms with E-state index < -0.39 is 0 Å². The first-order chi connectivity index (χ1) is 6.68. The molecule has 0 aromatic rings. The van der Waals surface area contributed by atoms with Crippen LogP contribution in [0, 0.1) is 5.92 Å². The van der Waals surface area contributed by atoms with Crippen LogP contribution in [-0.4, -0.2) is 25.7 Å². The van der Waals surface area contributed by atoms with Crippen LogP contribution < -0.4 is 5.32 Å². The van der Waals surface area contributed by atoms with Gasteiger partial charge in [-0.2, -0.15) is 0 Å². The molecule has 0 aliphatic rings. The first-order valence-electron chi connectivity index (χ1n) is 5.54. The van der Waals surface area contributed by atoms with E-state index in [4.69, 9.17) is 4.74 Å². The number of ether oxygens (including phenoxy) is 1. The number of nitrogens with one attached hydrogen (secondary N) is 1. The first kappa shape index (κ1) is 15.9. The minimum Gasteiger partial charge on any atom is -0.382 e. The molecule has 3 nitrogen and oxygen atoms in total. The third-order valence-corrected chi connectivity index (χ3v) is 1.49. The summed E-state index contributed by atoms with van der Waals surface area (Å²) in [5, 5.41) is 2.82. The average Bonchev–Trinajstić information content (AvgIpc) is 2.20. The normalized spacial score (nSPS) is 9.29. The van der Waals surface area contributed by atoms with E-state index in [9.17, 15) is 4.79 Å². The number of amides is 1. The van der Waals surface area contributed by atoms with Gasteiger partial charge in [-0.1, -0.05) is 27.7 Å². The molecular weight excluding hydrogens is 178 g/mol. The molecule has 0 rings (SSSR count). The third-order valence-electron chi connectivity index (χ3n) is 1.49. The van der Waals surface area contributed by atoms with Crippen LogP contribution in [0.2, 0.25) is 0 Å². The van der Waals surface area contributed by atoms with Crippen LogP contribution in [-0.2, 0) is 9.53 Å². The Morgan fingerprint density at radius 3 is 2.36 bits per heavy atom. The van der Waals surface area contributed by atoms with Crippen molar-refractivity contribution in [3.8, 4) is 0 Å². The maximum atomic E-state index is 11.0. The molecule has 0 fully saturated rings. The smallest absolute Gasteiger partial charge is 0.222 e. The SMILES string of the molecule is CC.CCOCCCNC(=O)C(C)C. The minimum absolute atomic E-state index is 0.0806. The minimum atomic E-state index is 0.0806. The Hall–Kier alpha value is -0.570. The summed E-state index contributed by atoms with van der Waals surface area (Å²) in [5.74, 6) is 0.198. The van der Waals surface area contributed by atoms with E-state index in [0.717, 1.165) is 26.2 Å². The van der Waals surface area contributed by atoms with Gasteiger partial charge in [0.25, 0.3) is 0 Å². The van der Waals surface area contributed by atoms with Gasteiger partial charge in [-0.15, -0.1) is 0 Å². The van der Waals surface area contributed by atoms with E-state index in [1.807, 2.05) is 34.6 Å². The average molecular weight is 203 g/mol. The van der Waals surface area contributed by atoms with E-state index in [0.29, 0.717) is 0 Å². The lowest BCUT2D eigenvalue weighted by atomic mass is 10.2. The second-order valence-electron chi connectivity index (χ2n) is 3.00. The Kier molecular flexibility index (Phi) is 14.1. The number of rotatable bonds is 6. The lowest BCUT2D eigenvalue weighted by Crippen LogP contribution is -2.29. The summed E-state index contributed by atoms with van der Waals surface area (Å²) in [5.41, 5.74) is 0. The summed E-state index contributed by atoms with van der Waals surface area (Å²) in [6.07, 6.45) is 0.895. The van der Waals surface area contributed by atoms with Gasteiger partial charge < -0.3 is 10.1 Å².